The molecule has 0 aliphatic carbocycles. The summed E-state index contributed by atoms with van der Waals surface area (Å²) in [6.45, 7) is 1.53. The molecule has 0 amide bonds. The normalized spacial score (nSPS) is 15.2. The quantitative estimate of drug-likeness (QED) is 0.660. The molecule has 108 valence electrons. The van der Waals surface area contributed by atoms with Crippen molar-refractivity contribution in [1.29, 1.82) is 0 Å². The largest absolute Gasteiger partial charge is 0.399 e. The van der Waals surface area contributed by atoms with E-state index in [1.807, 2.05) is 6.26 Å². The van der Waals surface area contributed by atoms with Gasteiger partial charge in [0, 0.05) is 22.5 Å². The van der Waals surface area contributed by atoms with Gasteiger partial charge in [-0.05, 0) is 47.3 Å². The van der Waals surface area contributed by atoms with Gasteiger partial charge in [-0.2, -0.15) is 11.8 Å². The Morgan fingerprint density at radius 1 is 1.53 bits per heavy atom. The number of benzene rings is 1. The third-order valence-electron chi connectivity index (χ3n) is 2.34. The lowest BCUT2D eigenvalue weighted by atomic mass is 10.1. The second kappa shape index (κ2) is 6.45. The second-order valence-electron chi connectivity index (χ2n) is 4.44. The van der Waals surface area contributed by atoms with Crippen LogP contribution in [0.3, 0.4) is 0 Å². The summed E-state index contributed by atoms with van der Waals surface area (Å²) in [4.78, 5) is 0.0625. The summed E-state index contributed by atoms with van der Waals surface area (Å²) >= 11 is 4.62. The number of nitrogens with one attached hydrogen (secondary N) is 1. The van der Waals surface area contributed by atoms with Crippen LogP contribution >= 0.6 is 27.7 Å². The molecule has 0 heterocycles. The van der Waals surface area contributed by atoms with Gasteiger partial charge in [0.05, 0.1) is 10.5 Å². The van der Waals surface area contributed by atoms with Gasteiger partial charge in [-0.25, -0.2) is 13.1 Å². The SMILES string of the molecule is CSCC(C)(O)CNS(=O)(=O)c1cc(N)ccc1Br. The number of rotatable bonds is 6. The van der Waals surface area contributed by atoms with Crippen molar-refractivity contribution in [3.05, 3.63) is 22.7 Å². The fourth-order valence-electron chi connectivity index (χ4n) is 1.42. The summed E-state index contributed by atoms with van der Waals surface area (Å²) in [6.07, 6.45) is 1.84. The molecule has 0 bridgehead atoms. The molecule has 1 atom stereocenters. The minimum atomic E-state index is -3.71. The minimum Gasteiger partial charge on any atom is -0.399 e. The standard InChI is InChI=1S/C11H17BrN2O3S2/c1-11(15,7-18-2)6-14-19(16,17)10-5-8(13)3-4-9(10)12/h3-5,14-15H,6-7,13H2,1-2H3. The first-order valence-corrected chi connectivity index (χ1v) is 9.11. The molecule has 1 aromatic rings. The number of thioether (sulfide) groups is 1. The average molecular weight is 369 g/mol. The van der Waals surface area contributed by atoms with Crippen molar-refractivity contribution >= 4 is 43.4 Å². The van der Waals surface area contributed by atoms with Crippen molar-refractivity contribution in [3.8, 4) is 0 Å². The first kappa shape index (κ1) is 16.8. The van der Waals surface area contributed by atoms with Crippen molar-refractivity contribution in [2.75, 3.05) is 24.3 Å². The fourth-order valence-corrected chi connectivity index (χ4v) is 4.30. The molecule has 0 aliphatic rings. The molecular formula is C11H17BrN2O3S2. The Morgan fingerprint density at radius 2 is 2.16 bits per heavy atom. The van der Waals surface area contributed by atoms with E-state index in [9.17, 15) is 13.5 Å². The molecule has 0 saturated carbocycles. The maximum Gasteiger partial charge on any atom is 0.241 e. The summed E-state index contributed by atoms with van der Waals surface area (Å²) < 4.78 is 27.1. The Balaban J connectivity index is 2.90. The van der Waals surface area contributed by atoms with Gasteiger partial charge in [-0.15, -0.1) is 0 Å². The zero-order valence-electron chi connectivity index (χ0n) is 10.7. The number of hydrogen-bond donors (Lipinski definition) is 3. The van der Waals surface area contributed by atoms with E-state index in [0.717, 1.165) is 0 Å². The van der Waals surface area contributed by atoms with Crippen molar-refractivity contribution in [3.63, 3.8) is 0 Å². The third-order valence-corrected chi connectivity index (χ3v) is 5.65. The zero-order valence-corrected chi connectivity index (χ0v) is 13.9. The lowest BCUT2D eigenvalue weighted by molar-refractivity contribution is 0.0908. The highest BCUT2D eigenvalue weighted by Crippen LogP contribution is 2.24. The van der Waals surface area contributed by atoms with E-state index < -0.39 is 15.6 Å². The number of halogens is 1. The Hall–Kier alpha value is -0.280. The van der Waals surface area contributed by atoms with Crippen molar-refractivity contribution in [2.45, 2.75) is 17.4 Å². The van der Waals surface area contributed by atoms with Crippen LogP contribution in [0.25, 0.3) is 0 Å². The van der Waals surface area contributed by atoms with Crippen molar-refractivity contribution in [1.82, 2.24) is 4.72 Å². The van der Waals surface area contributed by atoms with Crippen LogP contribution in [-0.2, 0) is 10.0 Å². The van der Waals surface area contributed by atoms with Crippen LogP contribution in [0.2, 0.25) is 0 Å². The molecule has 1 unspecified atom stereocenters. The summed E-state index contributed by atoms with van der Waals surface area (Å²) in [7, 11) is -3.71. The van der Waals surface area contributed by atoms with Crippen LogP contribution in [0.5, 0.6) is 0 Å². The number of aliphatic hydroxyl groups is 1. The molecule has 0 aliphatic heterocycles. The van der Waals surface area contributed by atoms with Crippen molar-refractivity contribution in [2.24, 2.45) is 0 Å². The molecule has 0 aromatic heterocycles. The summed E-state index contributed by atoms with van der Waals surface area (Å²) in [6, 6.07) is 4.55. The summed E-state index contributed by atoms with van der Waals surface area (Å²) in [5.41, 5.74) is 4.85. The molecule has 0 saturated heterocycles. The smallest absolute Gasteiger partial charge is 0.241 e. The van der Waals surface area contributed by atoms with Crippen LogP contribution in [0.4, 0.5) is 5.69 Å². The second-order valence-corrected chi connectivity index (χ2v) is 7.90. The average Bonchev–Trinajstić information content (AvgIpc) is 2.30. The van der Waals surface area contributed by atoms with E-state index in [4.69, 9.17) is 5.73 Å². The van der Waals surface area contributed by atoms with E-state index >= 15 is 0 Å². The van der Waals surface area contributed by atoms with Gasteiger partial charge >= 0.3 is 0 Å². The van der Waals surface area contributed by atoms with E-state index in [2.05, 4.69) is 20.7 Å². The number of nitrogens with two attached hydrogens (primary N) is 1. The molecule has 5 nitrogen and oxygen atoms in total. The molecule has 1 aromatic carbocycles. The molecule has 0 spiro atoms. The molecule has 8 heteroatoms. The first-order chi connectivity index (χ1) is 8.68. The number of anilines is 1. The van der Waals surface area contributed by atoms with Gasteiger partial charge in [-0.1, -0.05) is 0 Å². The highest BCUT2D eigenvalue weighted by molar-refractivity contribution is 9.10. The number of hydrogen-bond acceptors (Lipinski definition) is 5. The van der Waals surface area contributed by atoms with E-state index in [1.54, 1.807) is 19.1 Å². The van der Waals surface area contributed by atoms with Crippen LogP contribution in [0.15, 0.2) is 27.6 Å². The molecule has 0 radical (unpaired) electrons. The number of nitrogen functional groups attached to an aromatic ring is 1. The van der Waals surface area contributed by atoms with Gasteiger partial charge in [0.2, 0.25) is 10.0 Å². The first-order valence-electron chi connectivity index (χ1n) is 5.44. The van der Waals surface area contributed by atoms with Gasteiger partial charge in [0.1, 0.15) is 0 Å². The molecule has 0 fully saturated rings. The van der Waals surface area contributed by atoms with Gasteiger partial charge in [0.25, 0.3) is 0 Å². The van der Waals surface area contributed by atoms with Crippen LogP contribution in [-0.4, -0.2) is 37.7 Å². The Morgan fingerprint density at radius 3 is 2.74 bits per heavy atom. The summed E-state index contributed by atoms with van der Waals surface area (Å²) in [5, 5.41) is 9.96. The highest BCUT2D eigenvalue weighted by Gasteiger charge is 2.25. The monoisotopic (exact) mass is 368 g/mol. The van der Waals surface area contributed by atoms with Gasteiger partial charge < -0.3 is 10.8 Å². The predicted octanol–water partition coefficient (Wildman–Crippen LogP) is 1.42. The lowest BCUT2D eigenvalue weighted by Gasteiger charge is -2.22. The van der Waals surface area contributed by atoms with Gasteiger partial charge in [0.15, 0.2) is 0 Å². The lowest BCUT2D eigenvalue weighted by Crippen LogP contribution is -2.42. The summed E-state index contributed by atoms with van der Waals surface area (Å²) in [5.74, 6) is 0.438. The highest BCUT2D eigenvalue weighted by atomic mass is 79.9. The van der Waals surface area contributed by atoms with Crippen LogP contribution in [0.1, 0.15) is 6.92 Å². The van der Waals surface area contributed by atoms with E-state index in [1.165, 1.54) is 17.8 Å². The van der Waals surface area contributed by atoms with Crippen molar-refractivity contribution < 1.29 is 13.5 Å². The fraction of sp³-hybridized carbons (Fsp3) is 0.455. The van der Waals surface area contributed by atoms with E-state index in [0.29, 0.717) is 15.9 Å². The van der Waals surface area contributed by atoms with Gasteiger partial charge in [-0.3, -0.25) is 0 Å². The molecule has 19 heavy (non-hydrogen) atoms. The number of sulfonamides is 1. The maximum absolute atomic E-state index is 12.1. The van der Waals surface area contributed by atoms with E-state index in [-0.39, 0.29) is 11.4 Å². The Bertz CT molecular complexity index is 547. The topological polar surface area (TPSA) is 92.4 Å². The Labute approximate surface area is 126 Å². The molecule has 1 rings (SSSR count). The predicted molar refractivity (Wildman–Crippen MR) is 82.7 cm³/mol. The molecular weight excluding hydrogens is 352 g/mol. The zero-order chi connectivity index (χ0) is 14.7. The maximum atomic E-state index is 12.1. The van der Waals surface area contributed by atoms with Crippen LogP contribution < -0.4 is 10.5 Å². The minimum absolute atomic E-state index is 0.0581. The third kappa shape index (κ3) is 4.96. The Kier molecular flexibility index (Phi) is 5.69. The molecule has 4 N–H and O–H groups in total. The van der Waals surface area contributed by atoms with Crippen LogP contribution in [0, 0.1) is 0 Å².